The third-order valence-electron chi connectivity index (χ3n) is 3.80. The summed E-state index contributed by atoms with van der Waals surface area (Å²) in [7, 11) is 0. The Morgan fingerprint density at radius 3 is 2.84 bits per heavy atom. The van der Waals surface area contributed by atoms with Crippen LogP contribution in [0.4, 0.5) is 0 Å². The summed E-state index contributed by atoms with van der Waals surface area (Å²) in [5, 5.41) is 0.429. The third kappa shape index (κ3) is 3.77. The van der Waals surface area contributed by atoms with E-state index >= 15 is 0 Å². The Hall–Kier alpha value is -1.73. The van der Waals surface area contributed by atoms with Crippen molar-refractivity contribution >= 4 is 29.5 Å². The third-order valence-corrected chi connectivity index (χ3v) is 6.04. The van der Waals surface area contributed by atoms with Crippen LogP contribution >= 0.6 is 23.5 Å². The number of esters is 1. The SMILES string of the molecule is CCOC(=O)[C@@H](C)Sc1nc2c(c(=O)n1-c1ccccc1)S[C@@H](C)C2. The lowest BCUT2D eigenvalue weighted by atomic mass is 10.2. The zero-order valence-corrected chi connectivity index (χ0v) is 16.0. The molecule has 0 amide bonds. The number of aromatic nitrogens is 2. The van der Waals surface area contributed by atoms with E-state index in [9.17, 15) is 9.59 Å². The van der Waals surface area contributed by atoms with Crippen LogP contribution in [-0.2, 0) is 16.0 Å². The second-order valence-electron chi connectivity index (χ2n) is 5.79. The fourth-order valence-electron chi connectivity index (χ4n) is 2.65. The summed E-state index contributed by atoms with van der Waals surface area (Å²) in [5.74, 6) is -0.301. The van der Waals surface area contributed by atoms with Crippen LogP contribution in [0.25, 0.3) is 5.69 Å². The number of benzene rings is 1. The molecule has 2 atom stereocenters. The zero-order chi connectivity index (χ0) is 18.0. The number of ether oxygens (including phenoxy) is 1. The van der Waals surface area contributed by atoms with Crippen molar-refractivity contribution in [1.29, 1.82) is 0 Å². The van der Waals surface area contributed by atoms with Gasteiger partial charge in [0.1, 0.15) is 5.25 Å². The Morgan fingerprint density at radius 1 is 1.44 bits per heavy atom. The molecule has 3 rings (SSSR count). The van der Waals surface area contributed by atoms with Crippen molar-refractivity contribution < 1.29 is 9.53 Å². The average Bonchev–Trinajstić information content (AvgIpc) is 2.97. The first-order chi connectivity index (χ1) is 12.0. The normalized spacial score (nSPS) is 17.2. The molecule has 0 unspecified atom stereocenters. The highest BCUT2D eigenvalue weighted by molar-refractivity contribution is 8.00. The van der Waals surface area contributed by atoms with Crippen molar-refractivity contribution in [2.24, 2.45) is 0 Å². The van der Waals surface area contributed by atoms with Crippen LogP contribution in [-0.4, -0.2) is 32.6 Å². The van der Waals surface area contributed by atoms with E-state index in [0.717, 1.165) is 17.8 Å². The Bertz CT molecular complexity index is 836. The summed E-state index contributed by atoms with van der Waals surface area (Å²) >= 11 is 2.83. The Morgan fingerprint density at radius 2 is 2.16 bits per heavy atom. The van der Waals surface area contributed by atoms with Crippen LogP contribution in [0.15, 0.2) is 45.2 Å². The van der Waals surface area contributed by atoms with Crippen LogP contribution in [0.1, 0.15) is 26.5 Å². The van der Waals surface area contributed by atoms with Crippen molar-refractivity contribution in [2.45, 2.75) is 47.7 Å². The predicted octanol–water partition coefficient (Wildman–Crippen LogP) is 3.31. The van der Waals surface area contributed by atoms with Gasteiger partial charge in [-0.05, 0) is 26.0 Å². The molecule has 5 nitrogen and oxygen atoms in total. The molecule has 132 valence electrons. The summed E-state index contributed by atoms with van der Waals surface area (Å²) in [6.45, 7) is 5.98. The van der Waals surface area contributed by atoms with Gasteiger partial charge in [-0.25, -0.2) is 4.98 Å². The van der Waals surface area contributed by atoms with Gasteiger partial charge in [-0.3, -0.25) is 14.2 Å². The molecule has 1 aliphatic rings. The van der Waals surface area contributed by atoms with E-state index in [1.165, 1.54) is 11.8 Å². The minimum atomic E-state index is -0.439. The molecule has 2 heterocycles. The quantitative estimate of drug-likeness (QED) is 0.453. The maximum atomic E-state index is 13.1. The predicted molar refractivity (Wildman–Crippen MR) is 101 cm³/mol. The molecule has 2 aromatic rings. The van der Waals surface area contributed by atoms with E-state index in [2.05, 4.69) is 6.92 Å². The van der Waals surface area contributed by atoms with Gasteiger partial charge in [-0.1, -0.05) is 36.9 Å². The first-order valence-corrected chi connectivity index (χ1v) is 9.98. The van der Waals surface area contributed by atoms with Crippen molar-refractivity contribution in [2.75, 3.05) is 6.61 Å². The number of hydrogen-bond donors (Lipinski definition) is 0. The van der Waals surface area contributed by atoms with Gasteiger partial charge in [-0.15, -0.1) is 11.8 Å². The van der Waals surface area contributed by atoms with Crippen LogP contribution in [0.2, 0.25) is 0 Å². The van der Waals surface area contributed by atoms with Gasteiger partial charge < -0.3 is 4.74 Å². The maximum Gasteiger partial charge on any atom is 0.319 e. The molecule has 0 fully saturated rings. The molecule has 0 saturated carbocycles. The van der Waals surface area contributed by atoms with Crippen LogP contribution in [0.5, 0.6) is 0 Å². The highest BCUT2D eigenvalue weighted by Crippen LogP contribution is 2.35. The van der Waals surface area contributed by atoms with Crippen LogP contribution < -0.4 is 5.56 Å². The summed E-state index contributed by atoms with van der Waals surface area (Å²) in [4.78, 5) is 30.5. The number of carbonyl (C=O) groups excluding carboxylic acids is 1. The molecule has 0 bridgehead atoms. The lowest BCUT2D eigenvalue weighted by Crippen LogP contribution is -2.25. The number of nitrogens with zero attached hydrogens (tertiary/aromatic N) is 2. The lowest BCUT2D eigenvalue weighted by molar-refractivity contribution is -0.142. The van der Waals surface area contributed by atoms with Gasteiger partial charge in [0.05, 0.1) is 22.9 Å². The minimum absolute atomic E-state index is 0.0656. The number of hydrogen-bond acceptors (Lipinski definition) is 6. The van der Waals surface area contributed by atoms with E-state index in [4.69, 9.17) is 9.72 Å². The van der Waals surface area contributed by atoms with E-state index in [1.54, 1.807) is 30.2 Å². The van der Waals surface area contributed by atoms with Crippen molar-refractivity contribution in [3.05, 3.63) is 46.4 Å². The molecule has 0 aliphatic carbocycles. The summed E-state index contributed by atoms with van der Waals surface area (Å²) in [5.41, 5.74) is 1.51. The first-order valence-electron chi connectivity index (χ1n) is 8.22. The lowest BCUT2D eigenvalue weighted by Gasteiger charge is -2.16. The van der Waals surface area contributed by atoms with E-state index in [1.807, 2.05) is 30.3 Å². The number of carbonyl (C=O) groups is 1. The Kier molecular flexibility index (Phi) is 5.54. The second kappa shape index (κ2) is 7.66. The van der Waals surface area contributed by atoms with Crippen molar-refractivity contribution in [3.63, 3.8) is 0 Å². The fraction of sp³-hybridized carbons (Fsp3) is 0.389. The van der Waals surface area contributed by atoms with Crippen molar-refractivity contribution in [1.82, 2.24) is 9.55 Å². The van der Waals surface area contributed by atoms with Gasteiger partial charge in [0.2, 0.25) is 0 Å². The molecular formula is C18H20N2O3S2. The maximum absolute atomic E-state index is 13.1. The summed E-state index contributed by atoms with van der Waals surface area (Å²) < 4.78 is 6.68. The van der Waals surface area contributed by atoms with Crippen LogP contribution in [0, 0.1) is 0 Å². The first kappa shape index (κ1) is 18.1. The number of rotatable bonds is 5. The van der Waals surface area contributed by atoms with E-state index in [-0.39, 0.29) is 11.5 Å². The smallest absolute Gasteiger partial charge is 0.319 e. The van der Waals surface area contributed by atoms with Crippen molar-refractivity contribution in [3.8, 4) is 5.69 Å². The number of fused-ring (bicyclic) bond motifs is 1. The highest BCUT2D eigenvalue weighted by Gasteiger charge is 2.28. The minimum Gasteiger partial charge on any atom is -0.465 e. The standard InChI is InChI=1S/C18H20N2O3S2/c1-4-23-17(22)12(3)25-18-19-14-10-11(2)24-15(14)16(21)20(18)13-8-6-5-7-9-13/h5-9,11-12H,4,10H2,1-3H3/t11-,12+/m0/s1. The average molecular weight is 377 g/mol. The van der Waals surface area contributed by atoms with Gasteiger partial charge in [0, 0.05) is 11.7 Å². The van der Waals surface area contributed by atoms with Gasteiger partial charge in [-0.2, -0.15) is 0 Å². The topological polar surface area (TPSA) is 61.2 Å². The van der Waals surface area contributed by atoms with E-state index in [0.29, 0.717) is 21.9 Å². The van der Waals surface area contributed by atoms with Gasteiger partial charge in [0.25, 0.3) is 5.56 Å². The molecule has 0 N–H and O–H groups in total. The number of para-hydroxylation sites is 1. The zero-order valence-electron chi connectivity index (χ0n) is 14.4. The largest absolute Gasteiger partial charge is 0.465 e. The van der Waals surface area contributed by atoms with E-state index < -0.39 is 5.25 Å². The summed E-state index contributed by atoms with van der Waals surface area (Å²) in [6, 6.07) is 9.41. The molecular weight excluding hydrogens is 356 g/mol. The summed E-state index contributed by atoms with van der Waals surface area (Å²) in [6.07, 6.45) is 0.770. The fourth-order valence-corrected chi connectivity index (χ4v) is 4.69. The molecule has 7 heteroatoms. The highest BCUT2D eigenvalue weighted by atomic mass is 32.2. The molecule has 0 saturated heterocycles. The molecule has 0 spiro atoms. The van der Waals surface area contributed by atoms with Gasteiger partial charge >= 0.3 is 5.97 Å². The number of thioether (sulfide) groups is 2. The van der Waals surface area contributed by atoms with Crippen LogP contribution in [0.3, 0.4) is 0 Å². The molecule has 1 aliphatic heterocycles. The molecule has 25 heavy (non-hydrogen) atoms. The molecule has 1 aromatic heterocycles. The Balaban J connectivity index is 2.07. The molecule has 1 aromatic carbocycles. The monoisotopic (exact) mass is 376 g/mol. The van der Waals surface area contributed by atoms with Gasteiger partial charge in [0.15, 0.2) is 5.16 Å². The molecule has 0 radical (unpaired) electrons. The second-order valence-corrected chi connectivity index (χ2v) is 8.55. The Labute approximate surface area is 155 Å².